The van der Waals surface area contributed by atoms with Crippen molar-refractivity contribution in [2.45, 2.75) is 77.4 Å². The molecule has 0 aromatic carbocycles. The zero-order chi connectivity index (χ0) is 17.9. The Morgan fingerprint density at radius 2 is 1.96 bits per heavy atom. The summed E-state index contributed by atoms with van der Waals surface area (Å²) in [5.41, 5.74) is 0. The molecule has 0 radical (unpaired) electrons. The molecule has 2 aliphatic rings. The number of hydrogen-bond acceptors (Lipinski definition) is 3. The lowest BCUT2D eigenvalue weighted by Gasteiger charge is -2.35. The van der Waals surface area contributed by atoms with Crippen molar-refractivity contribution in [3.05, 3.63) is 0 Å². The highest BCUT2D eigenvalue weighted by Crippen LogP contribution is 2.18. The maximum Gasteiger partial charge on any atom is 0.193 e. The zero-order valence-corrected chi connectivity index (χ0v) is 19.4. The van der Waals surface area contributed by atoms with E-state index in [2.05, 4.69) is 29.1 Å². The lowest BCUT2D eigenvalue weighted by atomic mass is 10.1. The van der Waals surface area contributed by atoms with Crippen molar-refractivity contribution >= 4 is 29.9 Å². The number of halogens is 1. The van der Waals surface area contributed by atoms with Crippen LogP contribution in [0.15, 0.2) is 4.99 Å². The second-order valence-electron chi connectivity index (χ2n) is 7.87. The van der Waals surface area contributed by atoms with Crippen LogP contribution in [-0.4, -0.2) is 63.0 Å². The van der Waals surface area contributed by atoms with Crippen molar-refractivity contribution in [1.29, 1.82) is 0 Å². The molecule has 0 aromatic heterocycles. The van der Waals surface area contributed by atoms with E-state index in [1.165, 1.54) is 32.1 Å². The SMILES string of the molecule is CN=C(NCCCCC(C)C)N1CCC(OCC2CCCCO2)CC1.I. The van der Waals surface area contributed by atoms with Gasteiger partial charge < -0.3 is 19.7 Å². The van der Waals surface area contributed by atoms with Gasteiger partial charge in [-0.2, -0.15) is 0 Å². The maximum absolute atomic E-state index is 6.11. The Kier molecular flexibility index (Phi) is 12.9. The highest BCUT2D eigenvalue weighted by atomic mass is 127. The normalized spacial score (nSPS) is 22.4. The number of unbranched alkanes of at least 4 members (excludes halogenated alkanes) is 1. The number of ether oxygens (including phenoxy) is 2. The van der Waals surface area contributed by atoms with Crippen LogP contribution in [0.25, 0.3) is 0 Å². The van der Waals surface area contributed by atoms with E-state index in [-0.39, 0.29) is 24.0 Å². The van der Waals surface area contributed by atoms with Crippen LogP contribution in [-0.2, 0) is 9.47 Å². The Balaban J connectivity index is 0.00000338. The van der Waals surface area contributed by atoms with Crippen LogP contribution in [0.2, 0.25) is 0 Å². The number of piperidine rings is 1. The molecule has 1 N–H and O–H groups in total. The van der Waals surface area contributed by atoms with Gasteiger partial charge in [0.05, 0.1) is 18.8 Å². The highest BCUT2D eigenvalue weighted by molar-refractivity contribution is 14.0. The minimum Gasteiger partial charge on any atom is -0.376 e. The topological polar surface area (TPSA) is 46.1 Å². The van der Waals surface area contributed by atoms with E-state index >= 15 is 0 Å². The molecule has 1 atom stereocenters. The maximum atomic E-state index is 6.11. The smallest absolute Gasteiger partial charge is 0.193 e. The average molecular weight is 481 g/mol. The van der Waals surface area contributed by atoms with Crippen molar-refractivity contribution in [3.63, 3.8) is 0 Å². The fraction of sp³-hybridized carbons (Fsp3) is 0.950. The second kappa shape index (κ2) is 14.0. The summed E-state index contributed by atoms with van der Waals surface area (Å²) in [5, 5.41) is 3.53. The first kappa shape index (κ1) is 24.0. The third kappa shape index (κ3) is 9.22. The van der Waals surface area contributed by atoms with E-state index in [4.69, 9.17) is 9.47 Å². The number of aliphatic imine (C=N–C) groups is 1. The van der Waals surface area contributed by atoms with Gasteiger partial charge in [0.25, 0.3) is 0 Å². The number of nitrogens with zero attached hydrogens (tertiary/aromatic N) is 2. The summed E-state index contributed by atoms with van der Waals surface area (Å²) in [7, 11) is 1.89. The summed E-state index contributed by atoms with van der Waals surface area (Å²) in [6.07, 6.45) is 10.3. The van der Waals surface area contributed by atoms with Gasteiger partial charge in [-0.3, -0.25) is 4.99 Å². The highest BCUT2D eigenvalue weighted by Gasteiger charge is 2.23. The predicted molar refractivity (Wildman–Crippen MR) is 120 cm³/mol. The molecule has 0 aliphatic carbocycles. The summed E-state index contributed by atoms with van der Waals surface area (Å²) in [6.45, 7) is 9.34. The van der Waals surface area contributed by atoms with E-state index in [0.29, 0.717) is 12.2 Å². The predicted octanol–water partition coefficient (Wildman–Crippen LogP) is 4.06. The quantitative estimate of drug-likeness (QED) is 0.246. The van der Waals surface area contributed by atoms with E-state index < -0.39 is 0 Å². The van der Waals surface area contributed by atoms with E-state index in [1.807, 2.05) is 7.05 Å². The molecule has 5 nitrogen and oxygen atoms in total. The first-order valence-corrected chi connectivity index (χ1v) is 10.4. The summed E-state index contributed by atoms with van der Waals surface area (Å²) in [4.78, 5) is 6.83. The second-order valence-corrected chi connectivity index (χ2v) is 7.87. The van der Waals surface area contributed by atoms with E-state index in [1.54, 1.807) is 0 Å². The van der Waals surface area contributed by atoms with Crippen LogP contribution >= 0.6 is 24.0 Å². The molecule has 0 spiro atoms. The van der Waals surface area contributed by atoms with Gasteiger partial charge in [-0.1, -0.05) is 26.7 Å². The molecule has 0 amide bonds. The van der Waals surface area contributed by atoms with Crippen LogP contribution in [0.1, 0.15) is 65.2 Å². The molecule has 2 rings (SSSR count). The van der Waals surface area contributed by atoms with Gasteiger partial charge in [0.1, 0.15) is 0 Å². The molecule has 1 unspecified atom stereocenters. The number of likely N-dealkylation sites (tertiary alicyclic amines) is 1. The standard InChI is InChI=1S/C20H39N3O2.HI/c1-17(2)8-4-6-12-22-20(21-3)23-13-10-18(11-14-23)25-16-19-9-5-7-15-24-19;/h17-19H,4-16H2,1-3H3,(H,21,22);1H. The summed E-state index contributed by atoms with van der Waals surface area (Å²) >= 11 is 0. The molecule has 0 aromatic rings. The third-order valence-electron chi connectivity index (χ3n) is 5.24. The van der Waals surface area contributed by atoms with Crippen LogP contribution in [0.3, 0.4) is 0 Å². The van der Waals surface area contributed by atoms with Crippen LogP contribution in [0.4, 0.5) is 0 Å². The summed E-state index contributed by atoms with van der Waals surface area (Å²) < 4.78 is 11.9. The number of hydrogen-bond donors (Lipinski definition) is 1. The average Bonchev–Trinajstić information content (AvgIpc) is 2.64. The third-order valence-corrected chi connectivity index (χ3v) is 5.24. The molecule has 2 saturated heterocycles. The zero-order valence-electron chi connectivity index (χ0n) is 17.0. The van der Waals surface area contributed by atoms with Gasteiger partial charge in [0, 0.05) is 33.3 Å². The monoisotopic (exact) mass is 481 g/mol. The van der Waals surface area contributed by atoms with E-state index in [9.17, 15) is 0 Å². The lowest BCUT2D eigenvalue weighted by Crippen LogP contribution is -2.47. The van der Waals surface area contributed by atoms with Crippen LogP contribution in [0.5, 0.6) is 0 Å². The van der Waals surface area contributed by atoms with Crippen molar-refractivity contribution in [3.8, 4) is 0 Å². The van der Waals surface area contributed by atoms with Crippen LogP contribution in [0, 0.1) is 5.92 Å². The van der Waals surface area contributed by atoms with Gasteiger partial charge in [-0.05, 0) is 44.4 Å². The Bertz CT molecular complexity index is 379. The molecule has 154 valence electrons. The molecular formula is C20H40IN3O2. The minimum absolute atomic E-state index is 0. The van der Waals surface area contributed by atoms with Gasteiger partial charge in [-0.15, -0.1) is 24.0 Å². The number of nitrogens with one attached hydrogen (secondary N) is 1. The van der Waals surface area contributed by atoms with Gasteiger partial charge in [0.15, 0.2) is 5.96 Å². The molecule has 26 heavy (non-hydrogen) atoms. The number of guanidine groups is 1. The molecule has 0 saturated carbocycles. The number of rotatable bonds is 8. The Morgan fingerprint density at radius 3 is 2.58 bits per heavy atom. The molecule has 2 aliphatic heterocycles. The fourth-order valence-corrected chi connectivity index (χ4v) is 3.63. The molecule has 2 heterocycles. The van der Waals surface area contributed by atoms with Crippen molar-refractivity contribution in [1.82, 2.24) is 10.2 Å². The molecule has 0 bridgehead atoms. The largest absolute Gasteiger partial charge is 0.376 e. The fourth-order valence-electron chi connectivity index (χ4n) is 3.63. The Labute approximate surface area is 177 Å². The van der Waals surface area contributed by atoms with Gasteiger partial charge in [-0.25, -0.2) is 0 Å². The van der Waals surface area contributed by atoms with Crippen LogP contribution < -0.4 is 5.32 Å². The molecular weight excluding hydrogens is 441 g/mol. The lowest BCUT2D eigenvalue weighted by molar-refractivity contribution is -0.0721. The molecule has 6 heteroatoms. The van der Waals surface area contributed by atoms with Crippen molar-refractivity contribution in [2.24, 2.45) is 10.9 Å². The van der Waals surface area contributed by atoms with Gasteiger partial charge in [0.2, 0.25) is 0 Å². The first-order chi connectivity index (χ1) is 12.2. The first-order valence-electron chi connectivity index (χ1n) is 10.4. The van der Waals surface area contributed by atoms with Gasteiger partial charge >= 0.3 is 0 Å². The van der Waals surface area contributed by atoms with Crippen molar-refractivity contribution < 1.29 is 9.47 Å². The summed E-state index contributed by atoms with van der Waals surface area (Å²) in [6, 6.07) is 0. The Morgan fingerprint density at radius 1 is 1.19 bits per heavy atom. The van der Waals surface area contributed by atoms with E-state index in [0.717, 1.165) is 64.0 Å². The molecule has 2 fully saturated rings. The minimum atomic E-state index is 0. The summed E-state index contributed by atoms with van der Waals surface area (Å²) in [5.74, 6) is 1.86. The van der Waals surface area contributed by atoms with Crippen molar-refractivity contribution in [2.75, 3.05) is 39.9 Å². The Hall–Kier alpha value is -0.0800.